The molecule has 1 aromatic carbocycles. The van der Waals surface area contributed by atoms with Crippen LogP contribution in [0, 0.1) is 0 Å². The first-order valence-electron chi connectivity index (χ1n) is 10.4. The molecule has 0 amide bonds. The number of hydrogen-bond donors (Lipinski definition) is 6. The van der Waals surface area contributed by atoms with Crippen molar-refractivity contribution in [3.63, 3.8) is 0 Å². The van der Waals surface area contributed by atoms with E-state index in [0.717, 1.165) is 0 Å². The molecule has 0 heterocycles. The standard InChI is InChI=1S/C23H38O8/c1-12(21(30)31-20(17(27)11-25)19(29)16(26)10-24)13-8-14(22(2,3)4)18(28)15(9-13)23(5,6)7/h8-9,12,16-17,19-20,24-29H,10-11H2,1-7H3/t12?,16-,17-,19-,20-/m1/s1. The van der Waals surface area contributed by atoms with E-state index in [9.17, 15) is 30.3 Å². The highest BCUT2D eigenvalue weighted by Crippen LogP contribution is 2.41. The highest BCUT2D eigenvalue weighted by atomic mass is 16.6. The fourth-order valence-corrected chi connectivity index (χ4v) is 3.23. The van der Waals surface area contributed by atoms with Crippen LogP contribution < -0.4 is 0 Å². The number of aliphatic hydroxyl groups excluding tert-OH is 5. The van der Waals surface area contributed by atoms with Crippen LogP contribution in [0.15, 0.2) is 12.1 Å². The maximum absolute atomic E-state index is 12.9. The minimum Gasteiger partial charge on any atom is -0.507 e. The molecular formula is C23H38O8. The summed E-state index contributed by atoms with van der Waals surface area (Å²) in [4.78, 5) is 12.9. The van der Waals surface area contributed by atoms with Gasteiger partial charge in [0.05, 0.1) is 19.1 Å². The van der Waals surface area contributed by atoms with Crippen molar-refractivity contribution in [2.75, 3.05) is 13.2 Å². The van der Waals surface area contributed by atoms with Gasteiger partial charge in [-0.3, -0.25) is 4.79 Å². The van der Waals surface area contributed by atoms with Crippen molar-refractivity contribution in [2.24, 2.45) is 0 Å². The van der Waals surface area contributed by atoms with Crippen LogP contribution in [-0.4, -0.2) is 74.2 Å². The van der Waals surface area contributed by atoms with E-state index in [4.69, 9.17) is 9.84 Å². The summed E-state index contributed by atoms with van der Waals surface area (Å²) < 4.78 is 5.25. The Morgan fingerprint density at radius 3 is 1.68 bits per heavy atom. The largest absolute Gasteiger partial charge is 0.507 e. The fourth-order valence-electron chi connectivity index (χ4n) is 3.23. The maximum Gasteiger partial charge on any atom is 0.313 e. The predicted molar refractivity (Wildman–Crippen MR) is 116 cm³/mol. The molecule has 0 fully saturated rings. The van der Waals surface area contributed by atoms with Gasteiger partial charge in [0.1, 0.15) is 24.1 Å². The van der Waals surface area contributed by atoms with E-state index in [0.29, 0.717) is 16.7 Å². The Bertz CT molecular complexity index is 712. The van der Waals surface area contributed by atoms with E-state index in [-0.39, 0.29) is 5.75 Å². The second kappa shape index (κ2) is 10.3. The lowest BCUT2D eigenvalue weighted by atomic mass is 9.77. The number of carbonyl (C=O) groups excluding carboxylic acids is 1. The zero-order chi connectivity index (χ0) is 24.3. The lowest BCUT2D eigenvalue weighted by Crippen LogP contribution is -2.49. The van der Waals surface area contributed by atoms with Crippen molar-refractivity contribution < 1.29 is 40.2 Å². The number of phenols is 1. The number of rotatable bonds is 8. The summed E-state index contributed by atoms with van der Waals surface area (Å²) in [5.74, 6) is -1.47. The van der Waals surface area contributed by atoms with Crippen LogP contribution >= 0.6 is 0 Å². The molecule has 1 rings (SSSR count). The van der Waals surface area contributed by atoms with Crippen molar-refractivity contribution in [1.82, 2.24) is 0 Å². The Morgan fingerprint density at radius 1 is 0.903 bits per heavy atom. The third-order valence-corrected chi connectivity index (χ3v) is 5.34. The lowest BCUT2D eigenvalue weighted by molar-refractivity contribution is -0.178. The van der Waals surface area contributed by atoms with E-state index >= 15 is 0 Å². The third kappa shape index (κ3) is 6.63. The van der Waals surface area contributed by atoms with E-state index in [1.165, 1.54) is 0 Å². The zero-order valence-electron chi connectivity index (χ0n) is 19.5. The summed E-state index contributed by atoms with van der Waals surface area (Å²) in [6, 6.07) is 3.46. The summed E-state index contributed by atoms with van der Waals surface area (Å²) in [5, 5.41) is 58.9. The molecule has 1 unspecified atom stereocenters. The van der Waals surface area contributed by atoms with Crippen molar-refractivity contribution in [1.29, 1.82) is 0 Å². The molecule has 0 saturated heterocycles. The molecule has 178 valence electrons. The van der Waals surface area contributed by atoms with Crippen LogP contribution in [0.5, 0.6) is 5.75 Å². The molecule has 0 saturated carbocycles. The lowest BCUT2D eigenvalue weighted by Gasteiger charge is -2.31. The SMILES string of the molecule is CC(C(=O)O[C@@H]([C@H](O)[C@H](O)CO)[C@H](O)CO)c1cc(C(C)(C)C)c(O)c(C(C)(C)C)c1. The molecule has 8 nitrogen and oxygen atoms in total. The fraction of sp³-hybridized carbons (Fsp3) is 0.696. The second-order valence-corrected chi connectivity index (χ2v) is 10.1. The van der Waals surface area contributed by atoms with Gasteiger partial charge in [0.25, 0.3) is 0 Å². The molecule has 6 N–H and O–H groups in total. The highest BCUT2D eigenvalue weighted by Gasteiger charge is 2.36. The number of hydrogen-bond acceptors (Lipinski definition) is 8. The third-order valence-electron chi connectivity index (χ3n) is 5.34. The summed E-state index contributed by atoms with van der Waals surface area (Å²) in [6.45, 7) is 11.6. The van der Waals surface area contributed by atoms with E-state index in [1.807, 2.05) is 41.5 Å². The number of benzene rings is 1. The van der Waals surface area contributed by atoms with E-state index in [1.54, 1.807) is 19.1 Å². The van der Waals surface area contributed by atoms with Crippen LogP contribution in [-0.2, 0) is 20.4 Å². The first-order chi connectivity index (χ1) is 14.1. The number of aromatic hydroxyl groups is 1. The average Bonchev–Trinajstić information content (AvgIpc) is 2.67. The summed E-state index contributed by atoms with van der Waals surface area (Å²) in [7, 11) is 0. The van der Waals surface area contributed by atoms with Crippen LogP contribution in [0.3, 0.4) is 0 Å². The molecular weight excluding hydrogens is 404 g/mol. The van der Waals surface area contributed by atoms with Gasteiger partial charge in [0.15, 0.2) is 6.10 Å². The normalized spacial score (nSPS) is 17.5. The molecule has 0 aliphatic heterocycles. The molecule has 0 spiro atoms. The van der Waals surface area contributed by atoms with Crippen molar-refractivity contribution in [3.05, 3.63) is 28.8 Å². The van der Waals surface area contributed by atoms with E-state index < -0.39 is 60.3 Å². The molecule has 0 radical (unpaired) electrons. The molecule has 1 aromatic rings. The second-order valence-electron chi connectivity index (χ2n) is 10.1. The smallest absolute Gasteiger partial charge is 0.313 e. The Labute approximate surface area is 184 Å². The van der Waals surface area contributed by atoms with E-state index in [2.05, 4.69) is 0 Å². The first-order valence-corrected chi connectivity index (χ1v) is 10.4. The predicted octanol–water partition coefficient (Wildman–Crippen LogP) is 1.07. The van der Waals surface area contributed by atoms with Crippen LogP contribution in [0.1, 0.15) is 71.1 Å². The van der Waals surface area contributed by atoms with Gasteiger partial charge in [0.2, 0.25) is 0 Å². The van der Waals surface area contributed by atoms with Gasteiger partial charge in [-0.1, -0.05) is 53.7 Å². The summed E-state index contributed by atoms with van der Waals surface area (Å²) in [6.07, 6.45) is -6.74. The van der Waals surface area contributed by atoms with Gasteiger partial charge in [-0.05, 0) is 34.4 Å². The van der Waals surface area contributed by atoms with Crippen LogP contribution in [0.25, 0.3) is 0 Å². The Hall–Kier alpha value is -1.71. The number of carbonyl (C=O) groups is 1. The summed E-state index contributed by atoms with van der Waals surface area (Å²) >= 11 is 0. The number of aliphatic hydroxyl groups is 5. The molecule has 0 aliphatic carbocycles. The molecule has 0 aliphatic rings. The Kier molecular flexibility index (Phi) is 9.05. The molecule has 0 bridgehead atoms. The minimum atomic E-state index is -1.79. The molecule has 0 aromatic heterocycles. The van der Waals surface area contributed by atoms with Gasteiger partial charge in [-0.25, -0.2) is 0 Å². The monoisotopic (exact) mass is 442 g/mol. The number of phenolic OH excluding ortho intramolecular Hbond substituents is 1. The van der Waals surface area contributed by atoms with Gasteiger partial charge in [-0.15, -0.1) is 0 Å². The minimum absolute atomic E-state index is 0.166. The average molecular weight is 443 g/mol. The van der Waals surface area contributed by atoms with Gasteiger partial charge < -0.3 is 35.4 Å². The van der Waals surface area contributed by atoms with Gasteiger partial charge in [0, 0.05) is 0 Å². The maximum atomic E-state index is 12.9. The van der Waals surface area contributed by atoms with Crippen LogP contribution in [0.2, 0.25) is 0 Å². The van der Waals surface area contributed by atoms with Crippen molar-refractivity contribution in [2.45, 2.75) is 89.6 Å². The quantitative estimate of drug-likeness (QED) is 0.328. The highest BCUT2D eigenvalue weighted by molar-refractivity contribution is 5.78. The van der Waals surface area contributed by atoms with Gasteiger partial charge >= 0.3 is 5.97 Å². The molecule has 8 heteroatoms. The summed E-state index contributed by atoms with van der Waals surface area (Å²) in [5.41, 5.74) is 1.10. The van der Waals surface area contributed by atoms with Crippen LogP contribution in [0.4, 0.5) is 0 Å². The number of ether oxygens (including phenoxy) is 1. The Balaban J connectivity index is 3.37. The van der Waals surface area contributed by atoms with Crippen molar-refractivity contribution >= 4 is 5.97 Å². The Morgan fingerprint density at radius 2 is 1.32 bits per heavy atom. The molecule has 5 atom stereocenters. The van der Waals surface area contributed by atoms with Gasteiger partial charge in [-0.2, -0.15) is 0 Å². The topological polar surface area (TPSA) is 148 Å². The molecule has 31 heavy (non-hydrogen) atoms. The van der Waals surface area contributed by atoms with Crippen molar-refractivity contribution in [3.8, 4) is 5.75 Å². The zero-order valence-corrected chi connectivity index (χ0v) is 19.5. The number of esters is 1. The first kappa shape index (κ1) is 27.3.